The van der Waals surface area contributed by atoms with Gasteiger partial charge in [-0.25, -0.2) is 19.8 Å². The van der Waals surface area contributed by atoms with Crippen LogP contribution in [0.5, 0.6) is 0 Å². The third-order valence-corrected chi connectivity index (χ3v) is 8.88. The average molecular weight is 692 g/mol. The normalized spacial score (nSPS) is 12.1. The van der Waals surface area contributed by atoms with Crippen LogP contribution in [0.25, 0.3) is 66.0 Å². The van der Waals surface area contributed by atoms with Crippen molar-refractivity contribution in [3.8, 4) is 39.3 Å². The minimum absolute atomic E-state index is 0.0870. The quantitative estimate of drug-likeness (QED) is 0.136. The van der Waals surface area contributed by atoms with Gasteiger partial charge in [-0.2, -0.15) is 26.3 Å². The van der Waals surface area contributed by atoms with E-state index >= 15 is 0 Å². The number of hydrogen-bond acceptors (Lipinski definition) is 3. The third-order valence-electron chi connectivity index (χ3n) is 8.88. The van der Waals surface area contributed by atoms with Crippen LogP contribution in [0.4, 0.5) is 32.0 Å². The third kappa shape index (κ3) is 6.07. The molecule has 254 valence electrons. The number of aryl methyl sites for hydroxylation is 4. The molecule has 0 bridgehead atoms. The van der Waals surface area contributed by atoms with Gasteiger partial charge in [0.1, 0.15) is 11.6 Å². The van der Waals surface area contributed by atoms with Crippen LogP contribution < -0.4 is 0 Å². The molecule has 0 unspecified atom stereocenters. The molecule has 2 heterocycles. The molecule has 0 aliphatic carbocycles. The topological polar surface area (TPSA) is 48.0 Å². The van der Waals surface area contributed by atoms with Gasteiger partial charge in [-0.15, -0.1) is 0 Å². The number of alkyl halides is 6. The van der Waals surface area contributed by atoms with Gasteiger partial charge in [0.2, 0.25) is 0 Å². The maximum absolute atomic E-state index is 14.3. The van der Waals surface area contributed by atoms with E-state index in [1.54, 1.807) is 44.2 Å². The van der Waals surface area contributed by atoms with Gasteiger partial charge in [0, 0.05) is 22.0 Å². The summed E-state index contributed by atoms with van der Waals surface area (Å²) in [6, 6.07) is 23.6. The van der Waals surface area contributed by atoms with Gasteiger partial charge < -0.3 is 4.57 Å². The minimum atomic E-state index is -5.05. The summed E-state index contributed by atoms with van der Waals surface area (Å²) < 4.78 is 85.3. The first-order valence-corrected chi connectivity index (χ1v) is 15.8. The van der Waals surface area contributed by atoms with E-state index in [-0.39, 0.29) is 17.2 Å². The second-order valence-corrected chi connectivity index (χ2v) is 12.4. The van der Waals surface area contributed by atoms with Crippen molar-refractivity contribution in [2.75, 3.05) is 0 Å². The van der Waals surface area contributed by atoms with Crippen LogP contribution in [0, 0.1) is 34.3 Å². The van der Waals surface area contributed by atoms with Crippen molar-refractivity contribution in [1.29, 1.82) is 0 Å². The molecule has 7 aromatic rings. The zero-order chi connectivity index (χ0) is 36.4. The van der Waals surface area contributed by atoms with E-state index in [0.29, 0.717) is 51.4 Å². The van der Waals surface area contributed by atoms with Crippen molar-refractivity contribution in [2.45, 2.75) is 40.0 Å². The Bertz CT molecular complexity index is 2550. The molecule has 0 aliphatic rings. The molecule has 5 aromatic carbocycles. The fraction of sp³-hybridized carbons (Fsp3) is 0.150. The Hall–Kier alpha value is -6.02. The highest BCUT2D eigenvalue weighted by Crippen LogP contribution is 2.44. The van der Waals surface area contributed by atoms with Crippen LogP contribution in [-0.2, 0) is 12.4 Å². The second kappa shape index (κ2) is 12.1. The van der Waals surface area contributed by atoms with Gasteiger partial charge in [-0.05, 0) is 91.9 Å². The lowest BCUT2D eigenvalue weighted by atomic mass is 9.95. The molecule has 0 aliphatic heterocycles. The highest BCUT2D eigenvalue weighted by molar-refractivity contribution is 6.11. The Labute approximate surface area is 288 Å². The number of halogens is 6. The Kier molecular flexibility index (Phi) is 7.93. The van der Waals surface area contributed by atoms with Gasteiger partial charge >= 0.3 is 12.4 Å². The van der Waals surface area contributed by atoms with Crippen LogP contribution in [0.2, 0.25) is 0 Å². The molecule has 5 nitrogen and oxygen atoms in total. The minimum Gasteiger partial charge on any atom is -0.309 e. The summed E-state index contributed by atoms with van der Waals surface area (Å²) in [4.78, 5) is 16.9. The predicted octanol–water partition coefficient (Wildman–Crippen LogP) is 11.8. The number of fused-ring (bicyclic) bond motifs is 3. The van der Waals surface area contributed by atoms with Crippen molar-refractivity contribution in [3.05, 3.63) is 136 Å². The van der Waals surface area contributed by atoms with Crippen molar-refractivity contribution in [2.24, 2.45) is 0 Å². The van der Waals surface area contributed by atoms with Crippen molar-refractivity contribution in [3.63, 3.8) is 0 Å². The summed E-state index contributed by atoms with van der Waals surface area (Å²) in [5, 5.41) is 1.51. The summed E-state index contributed by atoms with van der Waals surface area (Å²) >= 11 is 0. The van der Waals surface area contributed by atoms with Gasteiger partial charge in [-0.1, -0.05) is 60.2 Å². The summed E-state index contributed by atoms with van der Waals surface area (Å²) in [6.45, 7) is 15.3. The van der Waals surface area contributed by atoms with Gasteiger partial charge in [0.15, 0.2) is 11.5 Å². The smallest absolute Gasteiger partial charge is 0.309 e. The van der Waals surface area contributed by atoms with Crippen LogP contribution in [0.1, 0.15) is 33.9 Å². The van der Waals surface area contributed by atoms with Gasteiger partial charge in [0.05, 0.1) is 28.7 Å². The standard InChI is InChI=1S/C40H27F6N5/c1-21-6-11-29(22(2)16-21)25-7-12-31-32-13-8-26(30-14-9-27(39(41,42)43)19-34(30)40(44,45)46)18-37(32)51(36(31)17-25)28-10-15-35(47-5)33(20-28)38-49-23(3)48-24(4)50-38/h6-20H,1-4H3. The van der Waals surface area contributed by atoms with E-state index in [2.05, 4.69) is 25.9 Å². The van der Waals surface area contributed by atoms with Gasteiger partial charge in [0.25, 0.3) is 0 Å². The van der Waals surface area contributed by atoms with E-state index in [0.717, 1.165) is 39.2 Å². The Balaban J connectivity index is 1.54. The molecule has 11 heteroatoms. The monoisotopic (exact) mass is 691 g/mol. The van der Waals surface area contributed by atoms with Crippen LogP contribution in [0.15, 0.2) is 91.0 Å². The van der Waals surface area contributed by atoms with Crippen LogP contribution >= 0.6 is 0 Å². The zero-order valence-corrected chi connectivity index (χ0v) is 27.7. The fourth-order valence-electron chi connectivity index (χ4n) is 6.65. The molecule has 0 amide bonds. The van der Waals surface area contributed by atoms with Gasteiger partial charge in [-0.3, -0.25) is 0 Å². The molecule has 0 saturated heterocycles. The maximum Gasteiger partial charge on any atom is 0.417 e. The lowest BCUT2D eigenvalue weighted by Crippen LogP contribution is -2.12. The summed E-state index contributed by atoms with van der Waals surface area (Å²) in [7, 11) is 0. The molecule has 0 saturated carbocycles. The maximum atomic E-state index is 14.3. The number of benzene rings is 5. The summed E-state index contributed by atoms with van der Waals surface area (Å²) in [5.41, 5.74) is 3.56. The predicted molar refractivity (Wildman–Crippen MR) is 186 cm³/mol. The first-order chi connectivity index (χ1) is 24.1. The second-order valence-electron chi connectivity index (χ2n) is 12.4. The number of aromatic nitrogens is 4. The first kappa shape index (κ1) is 33.5. The van der Waals surface area contributed by atoms with E-state index in [1.165, 1.54) is 6.07 Å². The Morgan fingerprint density at radius 1 is 0.588 bits per heavy atom. The Morgan fingerprint density at radius 2 is 1.20 bits per heavy atom. The molecule has 0 radical (unpaired) electrons. The number of hydrogen-bond donors (Lipinski definition) is 0. The molecule has 7 rings (SSSR count). The summed E-state index contributed by atoms with van der Waals surface area (Å²) in [6.07, 6.45) is -10.0. The molecule has 0 N–H and O–H groups in total. The molecule has 0 fully saturated rings. The van der Waals surface area contributed by atoms with E-state index < -0.39 is 23.5 Å². The summed E-state index contributed by atoms with van der Waals surface area (Å²) in [5.74, 6) is 1.23. The molecule has 51 heavy (non-hydrogen) atoms. The molecular weight excluding hydrogens is 664 g/mol. The van der Waals surface area contributed by atoms with E-state index in [1.807, 2.05) is 48.7 Å². The number of nitrogens with zero attached hydrogens (tertiary/aromatic N) is 5. The number of rotatable bonds is 4. The van der Waals surface area contributed by atoms with Crippen molar-refractivity contribution < 1.29 is 26.3 Å². The molecule has 2 aromatic heterocycles. The first-order valence-electron chi connectivity index (χ1n) is 15.8. The highest BCUT2D eigenvalue weighted by Gasteiger charge is 2.38. The van der Waals surface area contributed by atoms with Crippen molar-refractivity contribution in [1.82, 2.24) is 19.5 Å². The van der Waals surface area contributed by atoms with E-state index in [9.17, 15) is 26.3 Å². The average Bonchev–Trinajstić information content (AvgIpc) is 3.39. The Morgan fingerprint density at radius 3 is 1.76 bits per heavy atom. The lowest BCUT2D eigenvalue weighted by molar-refractivity contribution is -0.142. The molecular formula is C40H27F6N5. The van der Waals surface area contributed by atoms with Crippen LogP contribution in [-0.4, -0.2) is 19.5 Å². The zero-order valence-electron chi connectivity index (χ0n) is 27.7. The van der Waals surface area contributed by atoms with Crippen molar-refractivity contribution >= 4 is 27.5 Å². The molecule has 0 spiro atoms. The fourth-order valence-corrected chi connectivity index (χ4v) is 6.65. The lowest BCUT2D eigenvalue weighted by Gasteiger charge is -2.17. The molecule has 0 atom stereocenters. The largest absolute Gasteiger partial charge is 0.417 e. The van der Waals surface area contributed by atoms with E-state index in [4.69, 9.17) is 6.57 Å². The van der Waals surface area contributed by atoms with Crippen LogP contribution in [0.3, 0.4) is 0 Å². The SMILES string of the molecule is [C-]#[N+]c1ccc(-n2c3cc(-c4ccc(C)cc4C)ccc3c3ccc(-c4ccc(C(F)(F)F)cc4C(F)(F)F)cc32)cc1-c1nc(C)nc(C)n1. The highest BCUT2D eigenvalue weighted by atomic mass is 19.4.